The first kappa shape index (κ1) is 13.4. The second-order valence-corrected chi connectivity index (χ2v) is 5.23. The fourth-order valence-corrected chi connectivity index (χ4v) is 2.09. The van der Waals surface area contributed by atoms with Crippen LogP contribution in [0.25, 0.3) is 0 Å². The third-order valence-corrected chi connectivity index (χ3v) is 3.24. The van der Waals surface area contributed by atoms with Crippen LogP contribution in [0, 0.1) is 5.82 Å². The number of aliphatic imine (C=N–C) groups is 1. The van der Waals surface area contributed by atoms with Crippen molar-refractivity contribution in [3.05, 3.63) is 33.0 Å². The average molecular weight is 307 g/mol. The molecule has 0 atom stereocenters. The largest absolute Gasteiger partial charge is 0.235 e. The van der Waals surface area contributed by atoms with Crippen molar-refractivity contribution in [3.63, 3.8) is 0 Å². The van der Waals surface area contributed by atoms with Crippen LogP contribution in [0.15, 0.2) is 21.6 Å². The number of hydrogen-bond donors (Lipinski definition) is 0. The molecular weight excluding hydrogens is 296 g/mol. The summed E-state index contributed by atoms with van der Waals surface area (Å²) in [5.74, 6) is -0.495. The normalized spacial score (nSPS) is 11.1. The maximum absolute atomic E-state index is 13.5. The summed E-state index contributed by atoms with van der Waals surface area (Å²) in [7, 11) is 0. The molecule has 0 saturated heterocycles. The van der Waals surface area contributed by atoms with E-state index in [1.54, 1.807) is 19.9 Å². The lowest BCUT2D eigenvalue weighted by Crippen LogP contribution is -2.20. The number of nitrogens with zero attached hydrogens (tertiary/aromatic N) is 1. The van der Waals surface area contributed by atoms with Crippen molar-refractivity contribution in [2.24, 2.45) is 4.99 Å². The summed E-state index contributed by atoms with van der Waals surface area (Å²) in [6.45, 7) is 3.55. The van der Waals surface area contributed by atoms with Gasteiger partial charge < -0.3 is 0 Å². The highest BCUT2D eigenvalue weighted by Crippen LogP contribution is 2.29. The zero-order chi connectivity index (χ0) is 12.3. The van der Waals surface area contributed by atoms with Crippen LogP contribution in [0.1, 0.15) is 19.4 Å². The number of isocyanates is 1. The van der Waals surface area contributed by atoms with Crippen LogP contribution in [0.5, 0.6) is 0 Å². The third-order valence-electron chi connectivity index (χ3n) is 2.09. The third kappa shape index (κ3) is 3.14. The maximum atomic E-state index is 13.5. The van der Waals surface area contributed by atoms with Gasteiger partial charge in [0.05, 0.1) is 15.0 Å². The molecule has 1 aromatic rings. The Labute approximate surface area is 107 Å². The summed E-state index contributed by atoms with van der Waals surface area (Å²) in [5, 5.41) is 0.0623. The summed E-state index contributed by atoms with van der Waals surface area (Å²) >= 11 is 8.76. The monoisotopic (exact) mass is 305 g/mol. The molecule has 0 N–H and O–H groups in total. The Morgan fingerprint density at radius 1 is 1.56 bits per heavy atom. The molecule has 86 valence electrons. The molecular formula is C11H10BrClFNO. The van der Waals surface area contributed by atoms with E-state index in [2.05, 4.69) is 20.9 Å². The van der Waals surface area contributed by atoms with E-state index in [1.807, 2.05) is 0 Å². The molecule has 0 aliphatic carbocycles. The van der Waals surface area contributed by atoms with Gasteiger partial charge in [-0.3, -0.25) is 0 Å². The molecule has 0 aromatic heterocycles. The van der Waals surface area contributed by atoms with Crippen LogP contribution in [-0.4, -0.2) is 11.6 Å². The van der Waals surface area contributed by atoms with E-state index in [-0.39, 0.29) is 5.02 Å². The first-order chi connectivity index (χ1) is 7.37. The van der Waals surface area contributed by atoms with Crippen molar-refractivity contribution in [2.45, 2.75) is 25.8 Å². The van der Waals surface area contributed by atoms with Crippen molar-refractivity contribution in [2.75, 3.05) is 0 Å². The Kier molecular flexibility index (Phi) is 4.25. The van der Waals surface area contributed by atoms with Gasteiger partial charge in [-0.2, -0.15) is 4.99 Å². The molecule has 16 heavy (non-hydrogen) atoms. The Balaban J connectivity index is 3.08. The van der Waals surface area contributed by atoms with Crippen LogP contribution in [0.4, 0.5) is 4.39 Å². The molecule has 1 rings (SSSR count). The van der Waals surface area contributed by atoms with E-state index >= 15 is 0 Å². The molecule has 0 bridgehead atoms. The minimum atomic E-state index is -0.607. The predicted octanol–water partition coefficient (Wildman–Crippen LogP) is 3.90. The fourth-order valence-electron chi connectivity index (χ4n) is 1.33. The van der Waals surface area contributed by atoms with Crippen LogP contribution in [0.3, 0.4) is 0 Å². The first-order valence-electron chi connectivity index (χ1n) is 4.59. The molecule has 2 nitrogen and oxygen atoms in total. The van der Waals surface area contributed by atoms with Crippen molar-refractivity contribution < 1.29 is 9.18 Å². The second kappa shape index (κ2) is 5.09. The first-order valence-corrected chi connectivity index (χ1v) is 5.76. The molecule has 0 unspecified atom stereocenters. The maximum Gasteiger partial charge on any atom is 0.235 e. The summed E-state index contributed by atoms with van der Waals surface area (Å²) in [6.07, 6.45) is 1.94. The van der Waals surface area contributed by atoms with Crippen molar-refractivity contribution >= 4 is 33.6 Å². The van der Waals surface area contributed by atoms with Gasteiger partial charge in [0.2, 0.25) is 6.08 Å². The Morgan fingerprint density at radius 3 is 2.75 bits per heavy atom. The highest BCUT2D eigenvalue weighted by molar-refractivity contribution is 9.10. The van der Waals surface area contributed by atoms with E-state index in [0.29, 0.717) is 16.5 Å². The molecule has 5 heteroatoms. The topological polar surface area (TPSA) is 29.4 Å². The molecule has 0 spiro atoms. The number of rotatable bonds is 3. The van der Waals surface area contributed by atoms with E-state index in [9.17, 15) is 9.18 Å². The summed E-state index contributed by atoms with van der Waals surface area (Å²) in [5.41, 5.74) is 0.107. The van der Waals surface area contributed by atoms with Crippen molar-refractivity contribution in [3.8, 4) is 0 Å². The lowest BCUT2D eigenvalue weighted by molar-refractivity contribution is 0.498. The minimum Gasteiger partial charge on any atom is -0.211 e. The quantitative estimate of drug-likeness (QED) is 0.473. The molecule has 0 aliphatic heterocycles. The molecule has 0 radical (unpaired) electrons. The fraction of sp³-hybridized carbons (Fsp3) is 0.364. The highest BCUT2D eigenvalue weighted by Gasteiger charge is 2.20. The van der Waals surface area contributed by atoms with Gasteiger partial charge in [-0.15, -0.1) is 0 Å². The van der Waals surface area contributed by atoms with Crippen LogP contribution >= 0.6 is 27.5 Å². The van der Waals surface area contributed by atoms with E-state index in [0.717, 1.165) is 0 Å². The summed E-state index contributed by atoms with van der Waals surface area (Å²) in [6, 6.07) is 3.19. The van der Waals surface area contributed by atoms with Crippen LogP contribution < -0.4 is 0 Å². The molecule has 1 aromatic carbocycles. The van der Waals surface area contributed by atoms with Crippen LogP contribution in [-0.2, 0) is 11.2 Å². The number of halogens is 3. The summed E-state index contributed by atoms with van der Waals surface area (Å²) in [4.78, 5) is 13.9. The van der Waals surface area contributed by atoms with Gasteiger partial charge in [-0.25, -0.2) is 9.18 Å². The zero-order valence-electron chi connectivity index (χ0n) is 8.85. The Hall–Kier alpha value is -0.700. The lowest BCUT2D eigenvalue weighted by atomic mass is 9.96. The molecule has 0 fully saturated rings. The Bertz CT molecular complexity index is 456. The van der Waals surface area contributed by atoms with Gasteiger partial charge in [0.1, 0.15) is 0 Å². The molecule has 0 aliphatic rings. The average Bonchev–Trinajstić information content (AvgIpc) is 2.19. The van der Waals surface area contributed by atoms with Gasteiger partial charge >= 0.3 is 0 Å². The number of carbonyl (C=O) groups excluding carboxylic acids is 1. The zero-order valence-corrected chi connectivity index (χ0v) is 11.2. The van der Waals surface area contributed by atoms with Gasteiger partial charge in [0.25, 0.3) is 0 Å². The van der Waals surface area contributed by atoms with Crippen molar-refractivity contribution in [1.29, 1.82) is 0 Å². The Morgan fingerprint density at radius 2 is 2.19 bits per heavy atom. The van der Waals surface area contributed by atoms with Gasteiger partial charge in [0.15, 0.2) is 5.82 Å². The summed E-state index contributed by atoms with van der Waals surface area (Å²) < 4.78 is 13.8. The van der Waals surface area contributed by atoms with E-state index < -0.39 is 11.4 Å². The highest BCUT2D eigenvalue weighted by atomic mass is 79.9. The SMILES string of the molecule is CC(C)(Cc1ccc(Cl)c(F)c1Br)N=C=O. The minimum absolute atomic E-state index is 0.0623. The van der Waals surface area contributed by atoms with E-state index in [1.165, 1.54) is 12.1 Å². The molecule has 0 heterocycles. The van der Waals surface area contributed by atoms with Gasteiger partial charge in [-0.1, -0.05) is 17.7 Å². The van der Waals surface area contributed by atoms with E-state index in [4.69, 9.17) is 11.6 Å². The second-order valence-electron chi connectivity index (χ2n) is 4.03. The number of benzene rings is 1. The van der Waals surface area contributed by atoms with Crippen LogP contribution in [0.2, 0.25) is 5.02 Å². The molecule has 0 amide bonds. The smallest absolute Gasteiger partial charge is 0.211 e. The number of hydrogen-bond acceptors (Lipinski definition) is 2. The van der Waals surface area contributed by atoms with Gasteiger partial charge in [0, 0.05) is 0 Å². The standard InChI is InChI=1S/C11H10BrClFNO/c1-11(2,15-6-16)5-7-3-4-8(13)10(14)9(7)12/h3-4H,5H2,1-2H3. The van der Waals surface area contributed by atoms with Crippen molar-refractivity contribution in [1.82, 2.24) is 0 Å². The molecule has 0 saturated carbocycles. The van der Waals surface area contributed by atoms with Gasteiger partial charge in [-0.05, 0) is 47.8 Å². The lowest BCUT2D eigenvalue weighted by Gasteiger charge is -2.18. The predicted molar refractivity (Wildman–Crippen MR) is 65.0 cm³/mol.